The molecule has 2 unspecified atom stereocenters. The van der Waals surface area contributed by atoms with E-state index >= 15 is 0 Å². The van der Waals surface area contributed by atoms with E-state index < -0.39 is 0 Å². The van der Waals surface area contributed by atoms with Gasteiger partial charge in [-0.2, -0.15) is 0 Å². The van der Waals surface area contributed by atoms with E-state index in [1.807, 2.05) is 12.1 Å². The standard InChI is InChI=1S/C14H15ClN2O3/c15-9-1-3-12-8(5-9)6-10(20-12)7-16-11-2-4-13(18)17-14(11)19/h1,3,5,10-11,16H,2,4,6-7H2,(H,17,18,19). The molecule has 0 spiro atoms. The Morgan fingerprint density at radius 3 is 3.05 bits per heavy atom. The fourth-order valence-corrected chi connectivity index (χ4v) is 2.76. The predicted octanol–water partition coefficient (Wildman–Crippen LogP) is 1.04. The monoisotopic (exact) mass is 294 g/mol. The summed E-state index contributed by atoms with van der Waals surface area (Å²) in [7, 11) is 0. The Hall–Kier alpha value is -1.59. The molecule has 0 saturated carbocycles. The third-order valence-corrected chi connectivity index (χ3v) is 3.83. The fraction of sp³-hybridized carbons (Fsp3) is 0.429. The summed E-state index contributed by atoms with van der Waals surface area (Å²) in [5.41, 5.74) is 1.09. The van der Waals surface area contributed by atoms with Gasteiger partial charge in [0.1, 0.15) is 11.9 Å². The third-order valence-electron chi connectivity index (χ3n) is 3.59. The highest BCUT2D eigenvalue weighted by Gasteiger charge is 2.29. The second-order valence-electron chi connectivity index (χ2n) is 5.11. The van der Waals surface area contributed by atoms with E-state index in [0.29, 0.717) is 24.4 Å². The van der Waals surface area contributed by atoms with Gasteiger partial charge in [0.2, 0.25) is 11.8 Å². The third kappa shape index (κ3) is 2.78. The van der Waals surface area contributed by atoms with Crippen molar-refractivity contribution in [2.45, 2.75) is 31.4 Å². The highest BCUT2D eigenvalue weighted by molar-refractivity contribution is 6.30. The smallest absolute Gasteiger partial charge is 0.243 e. The summed E-state index contributed by atoms with van der Waals surface area (Å²) in [4.78, 5) is 22.7. The van der Waals surface area contributed by atoms with E-state index in [1.54, 1.807) is 6.07 Å². The van der Waals surface area contributed by atoms with E-state index in [1.165, 1.54) is 0 Å². The molecule has 0 bridgehead atoms. The maximum atomic E-state index is 11.6. The van der Waals surface area contributed by atoms with E-state index in [2.05, 4.69) is 10.6 Å². The number of halogens is 1. The van der Waals surface area contributed by atoms with Gasteiger partial charge in [-0.15, -0.1) is 0 Å². The molecule has 1 fully saturated rings. The summed E-state index contributed by atoms with van der Waals surface area (Å²) in [6.07, 6.45) is 1.69. The number of hydrogen-bond acceptors (Lipinski definition) is 4. The fourth-order valence-electron chi connectivity index (χ4n) is 2.56. The molecule has 2 aliphatic rings. The molecule has 3 rings (SSSR count). The summed E-state index contributed by atoms with van der Waals surface area (Å²) in [6.45, 7) is 0.568. The second kappa shape index (κ2) is 5.42. The number of nitrogens with one attached hydrogen (secondary N) is 2. The molecule has 6 heteroatoms. The van der Waals surface area contributed by atoms with Gasteiger partial charge in [-0.05, 0) is 30.2 Å². The average molecular weight is 295 g/mol. The Labute approximate surface area is 121 Å². The van der Waals surface area contributed by atoms with E-state index in [4.69, 9.17) is 16.3 Å². The lowest BCUT2D eigenvalue weighted by molar-refractivity contribution is -0.134. The summed E-state index contributed by atoms with van der Waals surface area (Å²) in [5.74, 6) is 0.400. The molecule has 5 nitrogen and oxygen atoms in total. The van der Waals surface area contributed by atoms with Crippen molar-refractivity contribution < 1.29 is 14.3 Å². The molecule has 2 heterocycles. The zero-order valence-corrected chi connectivity index (χ0v) is 11.6. The molecule has 1 saturated heterocycles. The van der Waals surface area contributed by atoms with Crippen molar-refractivity contribution in [2.24, 2.45) is 0 Å². The first-order valence-electron chi connectivity index (χ1n) is 6.64. The lowest BCUT2D eigenvalue weighted by Crippen LogP contribution is -2.52. The number of fused-ring (bicyclic) bond motifs is 1. The van der Waals surface area contributed by atoms with Gasteiger partial charge in [-0.25, -0.2) is 0 Å². The molecular formula is C14H15ClN2O3. The Morgan fingerprint density at radius 1 is 1.40 bits per heavy atom. The van der Waals surface area contributed by atoms with Crippen LogP contribution in [0.4, 0.5) is 0 Å². The van der Waals surface area contributed by atoms with Crippen LogP contribution in [0.1, 0.15) is 18.4 Å². The Kier molecular flexibility index (Phi) is 3.63. The second-order valence-corrected chi connectivity index (χ2v) is 5.54. The zero-order chi connectivity index (χ0) is 14.1. The topological polar surface area (TPSA) is 67.4 Å². The van der Waals surface area contributed by atoms with Gasteiger partial charge in [0.15, 0.2) is 0 Å². The van der Waals surface area contributed by atoms with Gasteiger partial charge in [0.25, 0.3) is 0 Å². The molecule has 0 aromatic heterocycles. The van der Waals surface area contributed by atoms with Gasteiger partial charge in [0, 0.05) is 24.4 Å². The lowest BCUT2D eigenvalue weighted by atomic mass is 10.1. The minimum absolute atomic E-state index is 0.00565. The van der Waals surface area contributed by atoms with Crippen LogP contribution in [0.15, 0.2) is 18.2 Å². The van der Waals surface area contributed by atoms with Crippen LogP contribution in [0.5, 0.6) is 5.75 Å². The van der Waals surface area contributed by atoms with Crippen molar-refractivity contribution in [2.75, 3.05) is 6.54 Å². The number of carbonyl (C=O) groups is 2. The summed E-state index contributed by atoms with van der Waals surface area (Å²) >= 11 is 5.95. The van der Waals surface area contributed by atoms with Crippen molar-refractivity contribution in [1.29, 1.82) is 0 Å². The first-order chi connectivity index (χ1) is 9.61. The quantitative estimate of drug-likeness (QED) is 0.818. The Morgan fingerprint density at radius 2 is 2.25 bits per heavy atom. The number of rotatable bonds is 3. The minimum Gasteiger partial charge on any atom is -0.488 e. The SMILES string of the molecule is O=C1CCC(NCC2Cc3cc(Cl)ccc3O2)C(=O)N1. The minimum atomic E-state index is -0.316. The van der Waals surface area contributed by atoms with Gasteiger partial charge in [-0.1, -0.05) is 11.6 Å². The largest absolute Gasteiger partial charge is 0.488 e. The van der Waals surface area contributed by atoms with Crippen molar-refractivity contribution >= 4 is 23.4 Å². The first-order valence-corrected chi connectivity index (χ1v) is 7.02. The van der Waals surface area contributed by atoms with Crippen molar-refractivity contribution in [3.8, 4) is 5.75 Å². The van der Waals surface area contributed by atoms with Crippen LogP contribution in [0, 0.1) is 0 Å². The van der Waals surface area contributed by atoms with Crippen molar-refractivity contribution in [3.05, 3.63) is 28.8 Å². The number of hydrogen-bond donors (Lipinski definition) is 2. The summed E-state index contributed by atoms with van der Waals surface area (Å²) in [6, 6.07) is 5.26. The predicted molar refractivity (Wildman–Crippen MR) is 73.7 cm³/mol. The first kappa shape index (κ1) is 13.4. The maximum Gasteiger partial charge on any atom is 0.243 e. The molecule has 2 aliphatic heterocycles. The van der Waals surface area contributed by atoms with E-state index in [0.717, 1.165) is 17.7 Å². The van der Waals surface area contributed by atoms with Crippen LogP contribution in [0.25, 0.3) is 0 Å². The maximum absolute atomic E-state index is 11.6. The molecule has 1 aromatic rings. The summed E-state index contributed by atoms with van der Waals surface area (Å²) in [5, 5.41) is 6.19. The normalized spacial score (nSPS) is 25.1. The number of imide groups is 1. The molecule has 0 radical (unpaired) electrons. The number of carbonyl (C=O) groups excluding carboxylic acids is 2. The molecule has 106 valence electrons. The van der Waals surface area contributed by atoms with Gasteiger partial charge in [0.05, 0.1) is 6.04 Å². The lowest BCUT2D eigenvalue weighted by Gasteiger charge is -2.23. The number of amides is 2. The van der Waals surface area contributed by atoms with Crippen molar-refractivity contribution in [1.82, 2.24) is 10.6 Å². The van der Waals surface area contributed by atoms with Crippen LogP contribution in [-0.4, -0.2) is 30.5 Å². The number of ether oxygens (including phenoxy) is 1. The molecule has 2 N–H and O–H groups in total. The molecular weight excluding hydrogens is 280 g/mol. The van der Waals surface area contributed by atoms with Gasteiger partial charge in [-0.3, -0.25) is 14.9 Å². The molecule has 0 aliphatic carbocycles. The van der Waals surface area contributed by atoms with Crippen molar-refractivity contribution in [3.63, 3.8) is 0 Å². The van der Waals surface area contributed by atoms with Crippen LogP contribution < -0.4 is 15.4 Å². The van der Waals surface area contributed by atoms with Crippen LogP contribution in [-0.2, 0) is 16.0 Å². The molecule has 20 heavy (non-hydrogen) atoms. The highest BCUT2D eigenvalue weighted by atomic mass is 35.5. The Bertz CT molecular complexity index is 561. The number of piperidine rings is 1. The molecule has 1 aromatic carbocycles. The highest BCUT2D eigenvalue weighted by Crippen LogP contribution is 2.30. The van der Waals surface area contributed by atoms with Crippen LogP contribution in [0.3, 0.4) is 0 Å². The average Bonchev–Trinajstić information content (AvgIpc) is 2.79. The zero-order valence-electron chi connectivity index (χ0n) is 10.8. The van der Waals surface area contributed by atoms with Crippen LogP contribution >= 0.6 is 11.6 Å². The molecule has 2 atom stereocenters. The Balaban J connectivity index is 1.54. The van der Waals surface area contributed by atoms with E-state index in [9.17, 15) is 9.59 Å². The number of benzene rings is 1. The molecule has 2 amide bonds. The van der Waals surface area contributed by atoms with E-state index in [-0.39, 0.29) is 24.0 Å². The van der Waals surface area contributed by atoms with Gasteiger partial charge >= 0.3 is 0 Å². The van der Waals surface area contributed by atoms with Crippen LogP contribution in [0.2, 0.25) is 5.02 Å². The summed E-state index contributed by atoms with van der Waals surface area (Å²) < 4.78 is 5.79. The van der Waals surface area contributed by atoms with Gasteiger partial charge < -0.3 is 10.1 Å².